The van der Waals surface area contributed by atoms with Crippen molar-refractivity contribution in [1.82, 2.24) is 9.88 Å². The van der Waals surface area contributed by atoms with Crippen molar-refractivity contribution in [3.63, 3.8) is 0 Å². The van der Waals surface area contributed by atoms with Crippen LogP contribution in [0, 0.1) is 5.92 Å². The number of primary amides is 1. The molecule has 3 N–H and O–H groups in total. The van der Waals surface area contributed by atoms with E-state index in [0.717, 1.165) is 48.8 Å². The van der Waals surface area contributed by atoms with E-state index >= 15 is 0 Å². The summed E-state index contributed by atoms with van der Waals surface area (Å²) in [6.07, 6.45) is 8.55. The summed E-state index contributed by atoms with van der Waals surface area (Å²) in [5.74, 6) is -0.381. The monoisotopic (exact) mass is 438 g/mol. The molecule has 1 unspecified atom stereocenters. The van der Waals surface area contributed by atoms with Crippen molar-refractivity contribution < 1.29 is 9.59 Å². The summed E-state index contributed by atoms with van der Waals surface area (Å²) in [6, 6.07) is 11.6. The Bertz CT molecular complexity index is 912. The topological polar surface area (TPSA) is 88.3 Å². The summed E-state index contributed by atoms with van der Waals surface area (Å²) in [6.45, 7) is 2.48. The first-order chi connectivity index (χ1) is 15.1. The Morgan fingerprint density at radius 1 is 1.10 bits per heavy atom. The first kappa shape index (κ1) is 21.8. The summed E-state index contributed by atoms with van der Waals surface area (Å²) < 4.78 is 0. The van der Waals surface area contributed by atoms with E-state index in [4.69, 9.17) is 5.73 Å². The highest BCUT2D eigenvalue weighted by molar-refractivity contribution is 7.99. The number of hydrogen-bond acceptors (Lipinski definition) is 5. The number of benzene rings is 1. The van der Waals surface area contributed by atoms with E-state index in [1.807, 2.05) is 36.4 Å². The lowest BCUT2D eigenvalue weighted by atomic mass is 9.97. The molecule has 1 atom stereocenters. The predicted molar refractivity (Wildman–Crippen MR) is 124 cm³/mol. The number of hydrogen-bond donors (Lipinski definition) is 2. The van der Waals surface area contributed by atoms with Crippen molar-refractivity contribution in [1.29, 1.82) is 0 Å². The van der Waals surface area contributed by atoms with Gasteiger partial charge in [-0.15, -0.1) is 11.8 Å². The molecular formula is C24H30N4O2S. The first-order valence-electron chi connectivity index (χ1n) is 11.1. The highest BCUT2D eigenvalue weighted by Gasteiger charge is 2.24. The number of anilines is 1. The number of carbonyl (C=O) groups excluding carboxylic acids is 2. The number of nitrogens with one attached hydrogen (secondary N) is 1. The second-order valence-electron chi connectivity index (χ2n) is 8.51. The second kappa shape index (κ2) is 10.3. The summed E-state index contributed by atoms with van der Waals surface area (Å²) >= 11 is 1.73. The van der Waals surface area contributed by atoms with Gasteiger partial charge in [-0.1, -0.05) is 25.0 Å². The average Bonchev–Trinajstić information content (AvgIpc) is 3.29. The molecule has 1 aliphatic heterocycles. The standard InChI is InChI=1S/C24H30N4O2S/c25-22(29)18-5-4-14-28(16-18)15-17-9-11-19(12-10-17)27-23(30)21-8-3-13-26-24(21)31-20-6-1-2-7-20/h3,8-13,18,20H,1-2,4-7,14-16H2,(H2,25,29)(H,27,30). The first-order valence-corrected chi connectivity index (χ1v) is 12.0. The molecule has 1 aliphatic carbocycles. The van der Waals surface area contributed by atoms with Crippen LogP contribution in [0.4, 0.5) is 5.69 Å². The van der Waals surface area contributed by atoms with Gasteiger partial charge in [0.1, 0.15) is 5.03 Å². The number of rotatable bonds is 7. The van der Waals surface area contributed by atoms with Crippen molar-refractivity contribution in [3.05, 3.63) is 53.7 Å². The number of aromatic nitrogens is 1. The Morgan fingerprint density at radius 2 is 1.87 bits per heavy atom. The van der Waals surface area contributed by atoms with E-state index in [0.29, 0.717) is 10.8 Å². The van der Waals surface area contributed by atoms with Crippen LogP contribution in [-0.2, 0) is 11.3 Å². The van der Waals surface area contributed by atoms with Gasteiger partial charge in [-0.05, 0) is 62.1 Å². The number of carbonyl (C=O) groups is 2. The van der Waals surface area contributed by atoms with Gasteiger partial charge in [0.2, 0.25) is 5.91 Å². The molecule has 0 bridgehead atoms. The van der Waals surface area contributed by atoms with Crippen molar-refractivity contribution >= 4 is 29.3 Å². The van der Waals surface area contributed by atoms with Gasteiger partial charge in [0, 0.05) is 30.2 Å². The Balaban J connectivity index is 1.36. The molecule has 2 fully saturated rings. The quantitative estimate of drug-likeness (QED) is 0.680. The minimum atomic E-state index is -0.205. The summed E-state index contributed by atoms with van der Waals surface area (Å²) in [4.78, 5) is 31.1. The van der Waals surface area contributed by atoms with Crippen molar-refractivity contribution in [3.8, 4) is 0 Å². The lowest BCUT2D eigenvalue weighted by molar-refractivity contribution is -0.123. The Morgan fingerprint density at radius 3 is 2.61 bits per heavy atom. The van der Waals surface area contributed by atoms with Crippen LogP contribution in [0.5, 0.6) is 0 Å². The van der Waals surface area contributed by atoms with Crippen LogP contribution in [0.3, 0.4) is 0 Å². The molecule has 7 heteroatoms. The van der Waals surface area contributed by atoms with Gasteiger partial charge in [-0.25, -0.2) is 4.98 Å². The minimum absolute atomic E-state index is 0.0527. The molecule has 1 saturated carbocycles. The SMILES string of the molecule is NC(=O)C1CCCN(Cc2ccc(NC(=O)c3cccnc3SC3CCCC3)cc2)C1. The van der Waals surface area contributed by atoms with Gasteiger partial charge in [-0.2, -0.15) is 0 Å². The van der Waals surface area contributed by atoms with Gasteiger partial charge >= 0.3 is 0 Å². The van der Waals surface area contributed by atoms with E-state index in [9.17, 15) is 9.59 Å². The Hall–Kier alpha value is -2.38. The summed E-state index contributed by atoms with van der Waals surface area (Å²) in [5.41, 5.74) is 8.04. The number of piperidine rings is 1. The molecule has 2 heterocycles. The van der Waals surface area contributed by atoms with E-state index in [-0.39, 0.29) is 17.7 Å². The summed E-state index contributed by atoms with van der Waals surface area (Å²) in [5, 5.41) is 4.39. The second-order valence-corrected chi connectivity index (χ2v) is 9.80. The zero-order valence-corrected chi connectivity index (χ0v) is 18.6. The van der Waals surface area contributed by atoms with Crippen molar-refractivity contribution in [2.24, 2.45) is 11.7 Å². The lowest BCUT2D eigenvalue weighted by Crippen LogP contribution is -2.40. The normalized spacial score (nSPS) is 19.9. The van der Waals surface area contributed by atoms with Gasteiger partial charge in [-0.3, -0.25) is 14.5 Å². The molecule has 2 aliphatic rings. The van der Waals surface area contributed by atoms with Crippen molar-refractivity contribution in [2.45, 2.75) is 55.3 Å². The molecule has 1 aromatic heterocycles. The van der Waals surface area contributed by atoms with Gasteiger partial charge in [0.25, 0.3) is 5.91 Å². The van der Waals surface area contributed by atoms with Crippen LogP contribution in [0.25, 0.3) is 0 Å². The molecule has 1 saturated heterocycles. The smallest absolute Gasteiger partial charge is 0.258 e. The number of amides is 2. The number of likely N-dealkylation sites (tertiary alicyclic amines) is 1. The molecule has 31 heavy (non-hydrogen) atoms. The fraction of sp³-hybridized carbons (Fsp3) is 0.458. The maximum atomic E-state index is 12.9. The number of pyridine rings is 1. The average molecular weight is 439 g/mol. The van der Waals surface area contributed by atoms with Crippen LogP contribution >= 0.6 is 11.8 Å². The van der Waals surface area contributed by atoms with Crippen LogP contribution in [0.1, 0.15) is 54.4 Å². The fourth-order valence-electron chi connectivity index (χ4n) is 4.40. The Kier molecular flexibility index (Phi) is 7.25. The van der Waals surface area contributed by atoms with Gasteiger partial charge in [0.15, 0.2) is 0 Å². The third-order valence-electron chi connectivity index (χ3n) is 6.12. The third-order valence-corrected chi connectivity index (χ3v) is 7.48. The fourth-order valence-corrected chi connectivity index (χ4v) is 5.70. The maximum Gasteiger partial charge on any atom is 0.258 e. The highest BCUT2D eigenvalue weighted by Crippen LogP contribution is 2.35. The van der Waals surface area contributed by atoms with Crippen LogP contribution in [0.2, 0.25) is 0 Å². The minimum Gasteiger partial charge on any atom is -0.369 e. The molecule has 2 aromatic rings. The van der Waals surface area contributed by atoms with Crippen LogP contribution in [-0.4, -0.2) is 40.0 Å². The summed E-state index contributed by atoms with van der Waals surface area (Å²) in [7, 11) is 0. The molecular weight excluding hydrogens is 408 g/mol. The van der Waals surface area contributed by atoms with Gasteiger partial charge in [0.05, 0.1) is 11.5 Å². The van der Waals surface area contributed by atoms with E-state index in [1.54, 1.807) is 18.0 Å². The zero-order valence-electron chi connectivity index (χ0n) is 17.8. The zero-order chi connectivity index (χ0) is 21.6. The van der Waals surface area contributed by atoms with Crippen molar-refractivity contribution in [2.75, 3.05) is 18.4 Å². The number of nitrogens with two attached hydrogens (primary N) is 1. The lowest BCUT2D eigenvalue weighted by Gasteiger charge is -2.31. The van der Waals surface area contributed by atoms with E-state index in [2.05, 4.69) is 15.2 Å². The molecule has 4 rings (SSSR count). The molecule has 0 spiro atoms. The molecule has 2 amide bonds. The predicted octanol–water partition coefficient (Wildman–Crippen LogP) is 4.07. The molecule has 0 radical (unpaired) electrons. The highest BCUT2D eigenvalue weighted by atomic mass is 32.2. The Labute approximate surface area is 188 Å². The largest absolute Gasteiger partial charge is 0.369 e. The van der Waals surface area contributed by atoms with Crippen LogP contribution in [0.15, 0.2) is 47.6 Å². The van der Waals surface area contributed by atoms with Crippen LogP contribution < -0.4 is 11.1 Å². The maximum absolute atomic E-state index is 12.9. The molecule has 1 aromatic carbocycles. The number of thioether (sulfide) groups is 1. The third kappa shape index (κ3) is 5.86. The number of nitrogens with zero attached hydrogens (tertiary/aromatic N) is 2. The van der Waals surface area contributed by atoms with E-state index in [1.165, 1.54) is 25.7 Å². The molecule has 164 valence electrons. The van der Waals surface area contributed by atoms with E-state index < -0.39 is 0 Å². The van der Waals surface area contributed by atoms with Gasteiger partial charge < -0.3 is 11.1 Å². The molecule has 6 nitrogen and oxygen atoms in total.